The Bertz CT molecular complexity index is 268. The van der Waals surface area contributed by atoms with Gasteiger partial charge >= 0.3 is 0 Å². The smallest absolute Gasteiger partial charge is 0.00870 e. The molecule has 3 N–H and O–H groups in total. The van der Waals surface area contributed by atoms with Crippen LogP contribution in [0.25, 0.3) is 0 Å². The molecule has 1 atom stereocenters. The molecule has 0 aromatic carbocycles. The molecule has 0 aliphatic rings. The van der Waals surface area contributed by atoms with Gasteiger partial charge in [0.2, 0.25) is 0 Å². The van der Waals surface area contributed by atoms with Gasteiger partial charge in [-0.2, -0.15) is 0 Å². The summed E-state index contributed by atoms with van der Waals surface area (Å²) in [5, 5.41) is 5.62. The summed E-state index contributed by atoms with van der Waals surface area (Å²) in [6, 6.07) is 2.53. The van der Waals surface area contributed by atoms with Gasteiger partial charge in [-0.25, -0.2) is 0 Å². The molecule has 0 fully saturated rings. The minimum atomic E-state index is 0.339. The fraction of sp³-hybridized carbons (Fsp3) is 0.667. The third kappa shape index (κ3) is 5.30. The number of nitrogens with two attached hydrogens (primary N) is 1. The highest BCUT2D eigenvalue weighted by atomic mass is 32.1. The summed E-state index contributed by atoms with van der Waals surface area (Å²) in [6.45, 7) is 6.42. The number of aryl methyl sites for hydroxylation is 1. The van der Waals surface area contributed by atoms with Crippen molar-refractivity contribution in [3.05, 3.63) is 21.9 Å². The molecule has 0 saturated heterocycles. The standard InChI is InChI=1S/C12H22N2S/c1-10-6-9-15-12(10)5-8-14-7-3-4-11(2)13/h6,9,11,14H,3-5,7-8,13H2,1-2H3. The van der Waals surface area contributed by atoms with E-state index in [-0.39, 0.29) is 0 Å². The highest BCUT2D eigenvalue weighted by Crippen LogP contribution is 2.15. The van der Waals surface area contributed by atoms with Crippen LogP contribution in [0.1, 0.15) is 30.2 Å². The summed E-state index contributed by atoms with van der Waals surface area (Å²) in [7, 11) is 0. The van der Waals surface area contributed by atoms with Crippen molar-refractivity contribution in [1.82, 2.24) is 5.32 Å². The van der Waals surface area contributed by atoms with E-state index in [9.17, 15) is 0 Å². The van der Waals surface area contributed by atoms with Crippen LogP contribution in [0.15, 0.2) is 11.4 Å². The fourth-order valence-electron chi connectivity index (χ4n) is 1.54. The van der Waals surface area contributed by atoms with Crippen molar-refractivity contribution in [3.8, 4) is 0 Å². The van der Waals surface area contributed by atoms with Crippen LogP contribution in [0.2, 0.25) is 0 Å². The van der Waals surface area contributed by atoms with E-state index < -0.39 is 0 Å². The van der Waals surface area contributed by atoms with Crippen LogP contribution < -0.4 is 11.1 Å². The van der Waals surface area contributed by atoms with Gasteiger partial charge < -0.3 is 11.1 Å². The van der Waals surface area contributed by atoms with E-state index >= 15 is 0 Å². The largest absolute Gasteiger partial charge is 0.328 e. The first-order valence-electron chi connectivity index (χ1n) is 5.69. The molecule has 0 aliphatic carbocycles. The molecule has 1 heterocycles. The first-order chi connectivity index (χ1) is 7.20. The summed E-state index contributed by atoms with van der Waals surface area (Å²) in [5.74, 6) is 0. The van der Waals surface area contributed by atoms with Crippen molar-refractivity contribution in [1.29, 1.82) is 0 Å². The Morgan fingerprint density at radius 1 is 1.47 bits per heavy atom. The Morgan fingerprint density at radius 2 is 2.27 bits per heavy atom. The molecular weight excluding hydrogens is 204 g/mol. The van der Waals surface area contributed by atoms with Crippen LogP contribution in [0.4, 0.5) is 0 Å². The Hall–Kier alpha value is -0.380. The van der Waals surface area contributed by atoms with Crippen molar-refractivity contribution >= 4 is 11.3 Å². The van der Waals surface area contributed by atoms with E-state index in [2.05, 4.69) is 30.6 Å². The molecule has 0 bridgehead atoms. The minimum Gasteiger partial charge on any atom is -0.328 e. The maximum atomic E-state index is 5.68. The molecule has 2 nitrogen and oxygen atoms in total. The van der Waals surface area contributed by atoms with Crippen LogP contribution in [0.3, 0.4) is 0 Å². The number of hydrogen-bond acceptors (Lipinski definition) is 3. The predicted octanol–water partition coefficient (Wildman–Crippen LogP) is 2.32. The molecule has 0 saturated carbocycles. The van der Waals surface area contributed by atoms with Crippen LogP contribution in [0, 0.1) is 6.92 Å². The third-order valence-corrected chi connectivity index (χ3v) is 3.59. The summed E-state index contributed by atoms with van der Waals surface area (Å²) in [6.07, 6.45) is 3.45. The monoisotopic (exact) mass is 226 g/mol. The molecule has 1 unspecified atom stereocenters. The van der Waals surface area contributed by atoms with Gasteiger partial charge in [-0.3, -0.25) is 0 Å². The van der Waals surface area contributed by atoms with Gasteiger partial charge in [0, 0.05) is 10.9 Å². The highest BCUT2D eigenvalue weighted by Gasteiger charge is 1.99. The summed E-state index contributed by atoms with van der Waals surface area (Å²) in [5.41, 5.74) is 7.11. The molecule has 1 aromatic heterocycles. The normalized spacial score (nSPS) is 13.0. The van der Waals surface area contributed by atoms with Crippen LogP contribution in [0.5, 0.6) is 0 Å². The number of rotatable bonds is 7. The first-order valence-corrected chi connectivity index (χ1v) is 6.57. The van der Waals surface area contributed by atoms with Crippen LogP contribution in [-0.4, -0.2) is 19.1 Å². The van der Waals surface area contributed by atoms with Crippen molar-refractivity contribution in [2.45, 2.75) is 39.2 Å². The summed E-state index contributed by atoms with van der Waals surface area (Å²) < 4.78 is 0. The van der Waals surface area contributed by atoms with Gasteiger partial charge in [-0.15, -0.1) is 11.3 Å². The lowest BCUT2D eigenvalue weighted by molar-refractivity contribution is 0.576. The SMILES string of the molecule is Cc1ccsc1CCNCCCC(C)N. The average Bonchev–Trinajstić information content (AvgIpc) is 2.57. The third-order valence-electron chi connectivity index (χ3n) is 2.51. The summed E-state index contributed by atoms with van der Waals surface area (Å²) in [4.78, 5) is 1.51. The van der Waals surface area contributed by atoms with Gasteiger partial charge in [-0.05, 0) is 63.2 Å². The molecule has 1 rings (SSSR count). The molecule has 15 heavy (non-hydrogen) atoms. The Labute approximate surface area is 96.9 Å². The zero-order valence-corrected chi connectivity index (χ0v) is 10.6. The predicted molar refractivity (Wildman–Crippen MR) is 68.5 cm³/mol. The quantitative estimate of drug-likeness (QED) is 0.700. The Kier molecular flexibility index (Phi) is 5.91. The van der Waals surface area contributed by atoms with Crippen LogP contribution >= 0.6 is 11.3 Å². The molecule has 0 radical (unpaired) electrons. The zero-order valence-electron chi connectivity index (χ0n) is 9.75. The lowest BCUT2D eigenvalue weighted by Crippen LogP contribution is -2.21. The van der Waals surface area contributed by atoms with Gasteiger partial charge in [0.15, 0.2) is 0 Å². The maximum Gasteiger partial charge on any atom is 0.00870 e. The van der Waals surface area contributed by atoms with Gasteiger partial charge in [0.25, 0.3) is 0 Å². The first kappa shape index (κ1) is 12.7. The van der Waals surface area contributed by atoms with Gasteiger partial charge in [-0.1, -0.05) is 0 Å². The Morgan fingerprint density at radius 3 is 2.87 bits per heavy atom. The minimum absolute atomic E-state index is 0.339. The highest BCUT2D eigenvalue weighted by molar-refractivity contribution is 7.10. The average molecular weight is 226 g/mol. The lowest BCUT2D eigenvalue weighted by Gasteiger charge is -2.06. The van der Waals surface area contributed by atoms with Crippen LogP contribution in [-0.2, 0) is 6.42 Å². The number of thiophene rings is 1. The van der Waals surface area contributed by atoms with Gasteiger partial charge in [0.1, 0.15) is 0 Å². The lowest BCUT2D eigenvalue weighted by atomic mass is 10.2. The van der Waals surface area contributed by atoms with E-state index in [0.717, 1.165) is 25.9 Å². The molecule has 0 spiro atoms. The molecule has 0 amide bonds. The van der Waals surface area contributed by atoms with E-state index in [1.807, 2.05) is 11.3 Å². The molecular formula is C12H22N2S. The Balaban J connectivity index is 2.00. The van der Waals surface area contributed by atoms with E-state index in [1.54, 1.807) is 0 Å². The topological polar surface area (TPSA) is 38.0 Å². The van der Waals surface area contributed by atoms with Crippen molar-refractivity contribution in [2.24, 2.45) is 5.73 Å². The fourth-order valence-corrected chi connectivity index (χ4v) is 2.45. The zero-order chi connectivity index (χ0) is 11.1. The maximum absolute atomic E-state index is 5.68. The summed E-state index contributed by atoms with van der Waals surface area (Å²) >= 11 is 1.86. The molecule has 1 aromatic rings. The second-order valence-corrected chi connectivity index (χ2v) is 5.15. The van der Waals surface area contributed by atoms with Crippen molar-refractivity contribution in [3.63, 3.8) is 0 Å². The van der Waals surface area contributed by atoms with Gasteiger partial charge in [0.05, 0.1) is 0 Å². The van der Waals surface area contributed by atoms with E-state index in [0.29, 0.717) is 6.04 Å². The van der Waals surface area contributed by atoms with E-state index in [4.69, 9.17) is 5.73 Å². The van der Waals surface area contributed by atoms with E-state index in [1.165, 1.54) is 16.9 Å². The second kappa shape index (κ2) is 6.99. The second-order valence-electron chi connectivity index (χ2n) is 4.15. The molecule has 3 heteroatoms. The number of hydrogen-bond donors (Lipinski definition) is 2. The van der Waals surface area contributed by atoms with Crippen molar-refractivity contribution < 1.29 is 0 Å². The van der Waals surface area contributed by atoms with Crippen molar-refractivity contribution in [2.75, 3.05) is 13.1 Å². The molecule has 0 aliphatic heterocycles. The number of nitrogens with one attached hydrogen (secondary N) is 1. The molecule has 86 valence electrons.